The summed E-state index contributed by atoms with van der Waals surface area (Å²) in [7, 11) is 0. The average molecular weight is 360 g/mol. The van der Waals surface area contributed by atoms with Crippen molar-refractivity contribution in [3.63, 3.8) is 0 Å². The SMILES string of the molecule is CCN(Cc1ccccc1)c1nc(SC)nc(-c2ccccc2)c1C#N. The normalized spacial score (nSPS) is 10.3. The molecular weight excluding hydrogens is 340 g/mol. The van der Waals surface area contributed by atoms with Crippen LogP contribution in [-0.2, 0) is 6.54 Å². The first-order valence-corrected chi connectivity index (χ1v) is 9.69. The van der Waals surface area contributed by atoms with E-state index in [2.05, 4.69) is 40.0 Å². The minimum atomic E-state index is 0.520. The van der Waals surface area contributed by atoms with Crippen LogP contribution in [0.1, 0.15) is 18.1 Å². The summed E-state index contributed by atoms with van der Waals surface area (Å²) in [6.07, 6.45) is 1.95. The second kappa shape index (κ2) is 8.50. The Morgan fingerprint density at radius 1 is 1.00 bits per heavy atom. The van der Waals surface area contributed by atoms with E-state index in [1.807, 2.05) is 54.8 Å². The summed E-state index contributed by atoms with van der Waals surface area (Å²) in [5.41, 5.74) is 3.32. The van der Waals surface area contributed by atoms with E-state index in [0.717, 1.165) is 12.1 Å². The van der Waals surface area contributed by atoms with Gasteiger partial charge in [0.25, 0.3) is 0 Å². The van der Waals surface area contributed by atoms with Crippen molar-refractivity contribution in [3.8, 4) is 17.3 Å². The zero-order chi connectivity index (χ0) is 18.4. The molecule has 0 aliphatic rings. The summed E-state index contributed by atoms with van der Waals surface area (Å²) in [5, 5.41) is 10.5. The molecule has 26 heavy (non-hydrogen) atoms. The Bertz CT molecular complexity index is 905. The van der Waals surface area contributed by atoms with Gasteiger partial charge in [-0.25, -0.2) is 9.97 Å². The van der Waals surface area contributed by atoms with Crippen LogP contribution in [0.2, 0.25) is 0 Å². The van der Waals surface area contributed by atoms with Crippen molar-refractivity contribution < 1.29 is 0 Å². The van der Waals surface area contributed by atoms with Crippen molar-refractivity contribution in [2.75, 3.05) is 17.7 Å². The maximum Gasteiger partial charge on any atom is 0.189 e. The second-order valence-corrected chi connectivity index (χ2v) is 6.51. The molecule has 0 radical (unpaired) electrons. The first-order valence-electron chi connectivity index (χ1n) is 8.47. The fourth-order valence-electron chi connectivity index (χ4n) is 2.80. The fourth-order valence-corrected chi connectivity index (χ4v) is 3.16. The molecule has 130 valence electrons. The zero-order valence-corrected chi connectivity index (χ0v) is 15.7. The Hall–Kier alpha value is -2.84. The molecule has 0 N–H and O–H groups in total. The van der Waals surface area contributed by atoms with Gasteiger partial charge >= 0.3 is 0 Å². The Morgan fingerprint density at radius 3 is 2.23 bits per heavy atom. The van der Waals surface area contributed by atoms with Crippen LogP contribution < -0.4 is 4.90 Å². The van der Waals surface area contributed by atoms with Crippen LogP contribution in [-0.4, -0.2) is 22.8 Å². The molecule has 0 saturated heterocycles. The molecule has 3 aromatic rings. The van der Waals surface area contributed by atoms with Crippen LogP contribution in [0, 0.1) is 11.3 Å². The lowest BCUT2D eigenvalue weighted by molar-refractivity contribution is 0.791. The Kier molecular flexibility index (Phi) is 5.88. The lowest BCUT2D eigenvalue weighted by Crippen LogP contribution is -2.25. The second-order valence-electron chi connectivity index (χ2n) is 5.74. The third-order valence-corrected chi connectivity index (χ3v) is 4.66. The highest BCUT2D eigenvalue weighted by Gasteiger charge is 2.20. The van der Waals surface area contributed by atoms with E-state index in [0.29, 0.717) is 28.8 Å². The van der Waals surface area contributed by atoms with Crippen LogP contribution in [0.3, 0.4) is 0 Å². The topological polar surface area (TPSA) is 52.8 Å². The summed E-state index contributed by atoms with van der Waals surface area (Å²) in [5.74, 6) is 0.692. The van der Waals surface area contributed by atoms with Gasteiger partial charge in [-0.05, 0) is 18.7 Å². The highest BCUT2D eigenvalue weighted by atomic mass is 32.2. The predicted octanol–water partition coefficient (Wildman–Crippen LogP) is 4.76. The zero-order valence-electron chi connectivity index (χ0n) is 14.9. The monoisotopic (exact) mass is 360 g/mol. The van der Waals surface area contributed by atoms with Gasteiger partial charge in [-0.15, -0.1) is 0 Å². The van der Waals surface area contributed by atoms with Crippen LogP contribution in [0.5, 0.6) is 0 Å². The number of thioether (sulfide) groups is 1. The van der Waals surface area contributed by atoms with Gasteiger partial charge in [-0.2, -0.15) is 5.26 Å². The van der Waals surface area contributed by atoms with Gasteiger partial charge in [0, 0.05) is 18.7 Å². The lowest BCUT2D eigenvalue weighted by atomic mass is 10.1. The number of nitriles is 1. The van der Waals surface area contributed by atoms with Crippen LogP contribution in [0.25, 0.3) is 11.3 Å². The smallest absolute Gasteiger partial charge is 0.189 e. The molecule has 4 nitrogen and oxygen atoms in total. The molecular formula is C21H20N4S. The van der Waals surface area contributed by atoms with Crippen LogP contribution >= 0.6 is 11.8 Å². The van der Waals surface area contributed by atoms with Gasteiger partial charge in [0.05, 0.1) is 5.69 Å². The van der Waals surface area contributed by atoms with Crippen molar-refractivity contribution >= 4 is 17.6 Å². The maximum absolute atomic E-state index is 9.87. The third-order valence-electron chi connectivity index (χ3n) is 4.11. The number of nitrogens with zero attached hydrogens (tertiary/aromatic N) is 4. The number of rotatable bonds is 6. The molecule has 1 aromatic heterocycles. The highest BCUT2D eigenvalue weighted by Crippen LogP contribution is 2.30. The van der Waals surface area contributed by atoms with Gasteiger partial charge in [0.1, 0.15) is 11.6 Å². The van der Waals surface area contributed by atoms with Crippen LogP contribution in [0.15, 0.2) is 65.8 Å². The van der Waals surface area contributed by atoms with E-state index < -0.39 is 0 Å². The van der Waals surface area contributed by atoms with E-state index in [4.69, 9.17) is 0 Å². The minimum absolute atomic E-state index is 0.520. The molecule has 0 aliphatic carbocycles. The van der Waals surface area contributed by atoms with E-state index >= 15 is 0 Å². The van der Waals surface area contributed by atoms with Gasteiger partial charge < -0.3 is 4.90 Å². The molecule has 0 atom stereocenters. The van der Waals surface area contributed by atoms with Gasteiger partial charge in [-0.3, -0.25) is 0 Å². The number of hydrogen-bond acceptors (Lipinski definition) is 5. The van der Waals surface area contributed by atoms with Crippen molar-refractivity contribution in [2.45, 2.75) is 18.6 Å². The number of anilines is 1. The maximum atomic E-state index is 9.87. The predicted molar refractivity (Wildman–Crippen MR) is 107 cm³/mol. The average Bonchev–Trinajstić information content (AvgIpc) is 2.72. The fraction of sp³-hybridized carbons (Fsp3) is 0.190. The molecule has 1 heterocycles. The lowest BCUT2D eigenvalue weighted by Gasteiger charge is -2.24. The largest absolute Gasteiger partial charge is 0.351 e. The molecule has 0 bridgehead atoms. The Labute approximate surface area is 158 Å². The van der Waals surface area contributed by atoms with E-state index in [-0.39, 0.29) is 0 Å². The first kappa shape index (κ1) is 18.0. The van der Waals surface area contributed by atoms with Crippen LogP contribution in [0.4, 0.5) is 5.82 Å². The molecule has 0 fully saturated rings. The van der Waals surface area contributed by atoms with E-state index in [1.165, 1.54) is 17.3 Å². The van der Waals surface area contributed by atoms with Crippen molar-refractivity contribution in [1.29, 1.82) is 5.26 Å². The summed E-state index contributed by atoms with van der Waals surface area (Å²) in [4.78, 5) is 11.4. The van der Waals surface area contributed by atoms with Crippen molar-refractivity contribution in [1.82, 2.24) is 9.97 Å². The number of hydrogen-bond donors (Lipinski definition) is 0. The summed E-state index contributed by atoms with van der Waals surface area (Å²) in [6, 6.07) is 22.4. The number of benzene rings is 2. The molecule has 0 saturated carbocycles. The minimum Gasteiger partial charge on any atom is -0.351 e. The van der Waals surface area contributed by atoms with Gasteiger partial charge in [0.2, 0.25) is 0 Å². The van der Waals surface area contributed by atoms with Crippen molar-refractivity contribution in [2.24, 2.45) is 0 Å². The van der Waals surface area contributed by atoms with Gasteiger partial charge in [-0.1, -0.05) is 72.4 Å². The third kappa shape index (κ3) is 3.87. The molecule has 0 unspecified atom stereocenters. The Morgan fingerprint density at radius 2 is 1.65 bits per heavy atom. The molecule has 5 heteroatoms. The van der Waals surface area contributed by atoms with Gasteiger partial charge in [0.15, 0.2) is 11.0 Å². The molecule has 2 aromatic carbocycles. The molecule has 3 rings (SSSR count). The number of aromatic nitrogens is 2. The first-order chi connectivity index (χ1) is 12.8. The summed E-state index contributed by atoms with van der Waals surface area (Å²) < 4.78 is 0. The van der Waals surface area contributed by atoms with Crippen molar-refractivity contribution in [3.05, 3.63) is 71.8 Å². The van der Waals surface area contributed by atoms with E-state index in [9.17, 15) is 5.26 Å². The standard InChI is InChI=1S/C21H20N4S/c1-3-25(15-16-10-6-4-7-11-16)20-18(14-22)19(23-21(24-20)26-2)17-12-8-5-9-13-17/h4-13H,3,15H2,1-2H3. The quantitative estimate of drug-likeness (QED) is 0.468. The summed E-state index contributed by atoms with van der Waals surface area (Å²) >= 11 is 1.49. The summed E-state index contributed by atoms with van der Waals surface area (Å²) in [6.45, 7) is 3.53. The Balaban J connectivity index is 2.11. The highest BCUT2D eigenvalue weighted by molar-refractivity contribution is 7.98. The molecule has 0 spiro atoms. The molecule has 0 amide bonds. The van der Waals surface area contributed by atoms with E-state index in [1.54, 1.807) is 0 Å². The molecule has 0 aliphatic heterocycles.